The average molecular weight is 191 g/mol. The van der Waals surface area contributed by atoms with E-state index in [1.807, 2.05) is 12.1 Å². The molecule has 0 bridgehead atoms. The molecule has 0 unspecified atom stereocenters. The van der Waals surface area contributed by atoms with Crippen molar-refractivity contribution in [1.82, 2.24) is 0 Å². The summed E-state index contributed by atoms with van der Waals surface area (Å²) in [6.07, 6.45) is 2.63. The monoisotopic (exact) mass is 191 g/mol. The van der Waals surface area contributed by atoms with E-state index in [4.69, 9.17) is 10.5 Å². The van der Waals surface area contributed by atoms with Gasteiger partial charge in [0.2, 0.25) is 0 Å². The second-order valence-corrected chi connectivity index (χ2v) is 4.13. The first kappa shape index (κ1) is 9.53. The van der Waals surface area contributed by atoms with Crippen LogP contribution in [0, 0.1) is 12.8 Å². The van der Waals surface area contributed by atoms with E-state index >= 15 is 0 Å². The summed E-state index contributed by atoms with van der Waals surface area (Å²) in [5.74, 6) is 1.67. The lowest BCUT2D eigenvalue weighted by atomic mass is 9.82. The molecule has 76 valence electrons. The molecular formula is C12H17NO. The first-order valence-electron chi connectivity index (χ1n) is 5.21. The first-order chi connectivity index (χ1) is 6.78. The molecular weight excluding hydrogens is 174 g/mol. The van der Waals surface area contributed by atoms with Crippen LogP contribution >= 0.6 is 0 Å². The lowest BCUT2D eigenvalue weighted by Crippen LogP contribution is -2.37. The van der Waals surface area contributed by atoms with Gasteiger partial charge < -0.3 is 10.5 Å². The highest BCUT2D eigenvalue weighted by Gasteiger charge is 2.29. The Labute approximate surface area is 85.1 Å². The molecule has 0 radical (unpaired) electrons. The standard InChI is InChI=1S/C12H17NO/c1-9-2-4-11(5-3-9)14-12-6-10(7-12)8-13/h2-5,10,12H,6-8,13H2,1H3. The van der Waals surface area contributed by atoms with Gasteiger partial charge in [0.05, 0.1) is 6.10 Å². The summed E-state index contributed by atoms with van der Waals surface area (Å²) in [6, 6.07) is 8.22. The third kappa shape index (κ3) is 2.07. The molecule has 14 heavy (non-hydrogen) atoms. The highest BCUT2D eigenvalue weighted by Crippen LogP contribution is 2.30. The fourth-order valence-electron chi connectivity index (χ4n) is 1.77. The first-order valence-corrected chi connectivity index (χ1v) is 5.21. The number of rotatable bonds is 3. The van der Waals surface area contributed by atoms with Crippen LogP contribution in [0.25, 0.3) is 0 Å². The summed E-state index contributed by atoms with van der Waals surface area (Å²) in [5, 5.41) is 0. The number of hydrogen-bond acceptors (Lipinski definition) is 2. The van der Waals surface area contributed by atoms with Crippen LogP contribution < -0.4 is 10.5 Å². The molecule has 2 heteroatoms. The number of benzene rings is 1. The minimum atomic E-state index is 0.395. The minimum Gasteiger partial charge on any atom is -0.490 e. The average Bonchev–Trinajstić information content (AvgIpc) is 2.13. The van der Waals surface area contributed by atoms with Crippen LogP contribution in [0.3, 0.4) is 0 Å². The molecule has 1 saturated carbocycles. The fourth-order valence-corrected chi connectivity index (χ4v) is 1.77. The summed E-state index contributed by atoms with van der Waals surface area (Å²) in [7, 11) is 0. The Morgan fingerprint density at radius 1 is 1.29 bits per heavy atom. The van der Waals surface area contributed by atoms with Crippen molar-refractivity contribution >= 4 is 0 Å². The van der Waals surface area contributed by atoms with Gasteiger partial charge in [-0.05, 0) is 44.4 Å². The molecule has 2 N–H and O–H groups in total. The van der Waals surface area contributed by atoms with Gasteiger partial charge >= 0.3 is 0 Å². The molecule has 2 rings (SSSR count). The van der Waals surface area contributed by atoms with E-state index in [2.05, 4.69) is 19.1 Å². The lowest BCUT2D eigenvalue weighted by molar-refractivity contribution is 0.0690. The van der Waals surface area contributed by atoms with Crippen molar-refractivity contribution in [2.24, 2.45) is 11.7 Å². The van der Waals surface area contributed by atoms with E-state index in [0.29, 0.717) is 12.0 Å². The van der Waals surface area contributed by atoms with Crippen LogP contribution in [-0.2, 0) is 0 Å². The topological polar surface area (TPSA) is 35.2 Å². The van der Waals surface area contributed by atoms with E-state index in [1.165, 1.54) is 5.56 Å². The van der Waals surface area contributed by atoms with Gasteiger partial charge in [-0.3, -0.25) is 0 Å². The quantitative estimate of drug-likeness (QED) is 0.794. The van der Waals surface area contributed by atoms with Crippen LogP contribution in [-0.4, -0.2) is 12.6 Å². The SMILES string of the molecule is Cc1ccc(OC2CC(CN)C2)cc1. The Morgan fingerprint density at radius 3 is 2.50 bits per heavy atom. The summed E-state index contributed by atoms with van der Waals surface area (Å²) < 4.78 is 5.78. The Kier molecular flexibility index (Phi) is 2.73. The molecule has 0 spiro atoms. The van der Waals surface area contributed by atoms with Crippen molar-refractivity contribution in [2.45, 2.75) is 25.9 Å². The normalized spacial score (nSPS) is 25.6. The molecule has 0 aromatic heterocycles. The number of hydrogen-bond donors (Lipinski definition) is 1. The predicted octanol–water partition coefficient (Wildman–Crippen LogP) is 2.11. The molecule has 1 aliphatic rings. The van der Waals surface area contributed by atoms with Crippen LogP contribution in [0.4, 0.5) is 0 Å². The Morgan fingerprint density at radius 2 is 1.93 bits per heavy atom. The number of nitrogens with two attached hydrogens (primary N) is 1. The summed E-state index contributed by atoms with van der Waals surface area (Å²) >= 11 is 0. The molecule has 0 saturated heterocycles. The van der Waals surface area contributed by atoms with Crippen LogP contribution in [0.15, 0.2) is 24.3 Å². The van der Waals surface area contributed by atoms with Crippen molar-refractivity contribution in [3.8, 4) is 5.75 Å². The minimum absolute atomic E-state index is 0.395. The lowest BCUT2D eigenvalue weighted by Gasteiger charge is -2.34. The zero-order chi connectivity index (χ0) is 9.97. The van der Waals surface area contributed by atoms with E-state index in [-0.39, 0.29) is 0 Å². The van der Waals surface area contributed by atoms with Gasteiger partial charge in [-0.2, -0.15) is 0 Å². The van der Waals surface area contributed by atoms with Crippen LogP contribution in [0.1, 0.15) is 18.4 Å². The van der Waals surface area contributed by atoms with Gasteiger partial charge in [0.15, 0.2) is 0 Å². The zero-order valence-electron chi connectivity index (χ0n) is 8.57. The van der Waals surface area contributed by atoms with E-state index in [1.54, 1.807) is 0 Å². The second-order valence-electron chi connectivity index (χ2n) is 4.13. The van der Waals surface area contributed by atoms with Gasteiger partial charge in [-0.15, -0.1) is 0 Å². The maximum Gasteiger partial charge on any atom is 0.119 e. The van der Waals surface area contributed by atoms with Gasteiger partial charge in [0, 0.05) is 0 Å². The molecule has 0 aliphatic heterocycles. The molecule has 0 atom stereocenters. The van der Waals surface area contributed by atoms with E-state index < -0.39 is 0 Å². The third-order valence-electron chi connectivity index (χ3n) is 2.85. The highest BCUT2D eigenvalue weighted by atomic mass is 16.5. The Balaban J connectivity index is 1.84. The fraction of sp³-hybridized carbons (Fsp3) is 0.500. The van der Waals surface area contributed by atoms with Crippen LogP contribution in [0.5, 0.6) is 5.75 Å². The molecule has 0 heterocycles. The number of ether oxygens (including phenoxy) is 1. The summed E-state index contributed by atoms with van der Waals surface area (Å²) in [4.78, 5) is 0. The van der Waals surface area contributed by atoms with Crippen molar-refractivity contribution in [3.63, 3.8) is 0 Å². The molecule has 1 fully saturated rings. The van der Waals surface area contributed by atoms with Crippen molar-refractivity contribution in [2.75, 3.05) is 6.54 Å². The number of aryl methyl sites for hydroxylation is 1. The van der Waals surface area contributed by atoms with Gasteiger partial charge in [-0.1, -0.05) is 17.7 Å². The molecule has 1 aromatic rings. The Bertz CT molecular complexity index is 288. The largest absolute Gasteiger partial charge is 0.490 e. The van der Waals surface area contributed by atoms with Gasteiger partial charge in [0.1, 0.15) is 5.75 Å². The van der Waals surface area contributed by atoms with Crippen molar-refractivity contribution in [1.29, 1.82) is 0 Å². The maximum absolute atomic E-state index is 5.78. The molecule has 2 nitrogen and oxygen atoms in total. The zero-order valence-corrected chi connectivity index (χ0v) is 8.57. The second kappa shape index (κ2) is 4.01. The van der Waals surface area contributed by atoms with Crippen LogP contribution in [0.2, 0.25) is 0 Å². The molecule has 0 amide bonds. The van der Waals surface area contributed by atoms with E-state index in [9.17, 15) is 0 Å². The van der Waals surface area contributed by atoms with Crippen molar-refractivity contribution < 1.29 is 4.74 Å². The maximum atomic E-state index is 5.78. The van der Waals surface area contributed by atoms with Gasteiger partial charge in [-0.25, -0.2) is 0 Å². The van der Waals surface area contributed by atoms with Crippen molar-refractivity contribution in [3.05, 3.63) is 29.8 Å². The summed E-state index contributed by atoms with van der Waals surface area (Å²) in [5.41, 5.74) is 6.82. The van der Waals surface area contributed by atoms with Gasteiger partial charge in [0.25, 0.3) is 0 Å². The third-order valence-corrected chi connectivity index (χ3v) is 2.85. The smallest absolute Gasteiger partial charge is 0.119 e. The molecule has 1 aromatic carbocycles. The van der Waals surface area contributed by atoms with E-state index in [0.717, 1.165) is 25.1 Å². The predicted molar refractivity (Wildman–Crippen MR) is 57.4 cm³/mol. The Hall–Kier alpha value is -1.02. The summed E-state index contributed by atoms with van der Waals surface area (Å²) in [6.45, 7) is 2.88. The molecule has 1 aliphatic carbocycles. The highest BCUT2D eigenvalue weighted by molar-refractivity contribution is 5.26.